The summed E-state index contributed by atoms with van der Waals surface area (Å²) in [7, 11) is 2.99. The van der Waals surface area contributed by atoms with Crippen LogP contribution < -0.4 is 10.2 Å². The van der Waals surface area contributed by atoms with E-state index in [2.05, 4.69) is 10.3 Å². The lowest BCUT2D eigenvalue weighted by molar-refractivity contribution is -0.140. The minimum absolute atomic E-state index is 0.0278. The fourth-order valence-corrected chi connectivity index (χ4v) is 3.45. The Hall–Kier alpha value is -2.45. The Kier molecular flexibility index (Phi) is 5.20. The molecule has 3 rings (SSSR count). The van der Waals surface area contributed by atoms with E-state index in [0.29, 0.717) is 5.69 Å². The first-order chi connectivity index (χ1) is 13.0. The number of fused-ring (bicyclic) bond motifs is 1. The number of hydrogen-bond acceptors (Lipinski definition) is 3. The zero-order valence-corrected chi connectivity index (χ0v) is 16.5. The van der Waals surface area contributed by atoms with Crippen LogP contribution in [0.5, 0.6) is 0 Å². The normalized spacial score (nSPS) is 11.7. The summed E-state index contributed by atoms with van der Waals surface area (Å²) in [5, 5.41) is 2.82. The molecule has 0 saturated heterocycles. The Labute approximate surface area is 168 Å². The molecule has 0 aliphatic heterocycles. The van der Waals surface area contributed by atoms with Gasteiger partial charge in [-0.25, -0.2) is 4.98 Å². The number of amides is 1. The van der Waals surface area contributed by atoms with Crippen molar-refractivity contribution >= 4 is 46.3 Å². The van der Waals surface area contributed by atoms with E-state index >= 15 is 0 Å². The van der Waals surface area contributed by atoms with Crippen LogP contribution in [0.2, 0.25) is 10.0 Å². The SMILES string of the molecule is Cc1ccc(NC(=O)c2c(Cl)cccc2Cl)c2nc(C(F)(F)F)c(N(C)C)n12. The minimum atomic E-state index is -4.66. The number of alkyl halides is 3. The quantitative estimate of drug-likeness (QED) is 0.614. The lowest BCUT2D eigenvalue weighted by Gasteiger charge is -2.17. The van der Waals surface area contributed by atoms with Crippen molar-refractivity contribution in [2.24, 2.45) is 0 Å². The van der Waals surface area contributed by atoms with Gasteiger partial charge in [0, 0.05) is 19.8 Å². The third kappa shape index (κ3) is 3.49. The van der Waals surface area contributed by atoms with Crippen LogP contribution in [-0.2, 0) is 6.18 Å². The van der Waals surface area contributed by atoms with Crippen LogP contribution in [0.15, 0.2) is 30.3 Å². The molecule has 28 heavy (non-hydrogen) atoms. The lowest BCUT2D eigenvalue weighted by atomic mass is 10.2. The molecule has 5 nitrogen and oxygen atoms in total. The number of benzene rings is 1. The van der Waals surface area contributed by atoms with Crippen molar-refractivity contribution in [2.75, 3.05) is 24.3 Å². The van der Waals surface area contributed by atoms with Gasteiger partial charge in [0.1, 0.15) is 5.82 Å². The Morgan fingerprint density at radius 2 is 1.75 bits per heavy atom. The number of anilines is 2. The molecule has 10 heteroatoms. The molecular formula is C18H15Cl2F3N4O. The maximum Gasteiger partial charge on any atom is 0.437 e. The average Bonchev–Trinajstić information content (AvgIpc) is 2.99. The van der Waals surface area contributed by atoms with Gasteiger partial charge < -0.3 is 10.2 Å². The molecule has 1 N–H and O–H groups in total. The van der Waals surface area contributed by atoms with Crippen molar-refractivity contribution in [2.45, 2.75) is 13.1 Å². The third-order valence-corrected chi connectivity index (χ3v) is 4.70. The fraction of sp³-hybridized carbons (Fsp3) is 0.222. The second kappa shape index (κ2) is 7.18. The van der Waals surface area contributed by atoms with Crippen molar-refractivity contribution in [3.8, 4) is 0 Å². The number of imidazole rings is 1. The van der Waals surface area contributed by atoms with Crippen molar-refractivity contribution in [1.29, 1.82) is 0 Å². The summed E-state index contributed by atoms with van der Waals surface area (Å²) in [4.78, 5) is 17.8. The lowest BCUT2D eigenvalue weighted by Crippen LogP contribution is -2.18. The number of nitrogens with one attached hydrogen (secondary N) is 1. The van der Waals surface area contributed by atoms with Gasteiger partial charge in [0.2, 0.25) is 0 Å². The van der Waals surface area contributed by atoms with Gasteiger partial charge in [-0.2, -0.15) is 13.2 Å². The minimum Gasteiger partial charge on any atom is -0.362 e. The summed E-state index contributed by atoms with van der Waals surface area (Å²) < 4.78 is 41.9. The zero-order valence-electron chi connectivity index (χ0n) is 15.0. The van der Waals surface area contributed by atoms with E-state index in [1.807, 2.05) is 0 Å². The van der Waals surface area contributed by atoms with E-state index in [9.17, 15) is 18.0 Å². The maximum absolute atomic E-state index is 13.5. The summed E-state index contributed by atoms with van der Waals surface area (Å²) in [5.41, 5.74) is -0.425. The topological polar surface area (TPSA) is 49.6 Å². The van der Waals surface area contributed by atoms with E-state index in [0.717, 1.165) is 0 Å². The second-order valence-electron chi connectivity index (χ2n) is 6.27. The summed E-state index contributed by atoms with van der Waals surface area (Å²) in [6.45, 7) is 1.65. The molecule has 0 atom stereocenters. The van der Waals surface area contributed by atoms with E-state index in [1.54, 1.807) is 19.1 Å². The number of halogens is 5. The molecule has 2 heterocycles. The number of pyridine rings is 1. The van der Waals surface area contributed by atoms with Gasteiger partial charge in [-0.05, 0) is 31.2 Å². The summed E-state index contributed by atoms with van der Waals surface area (Å²) >= 11 is 12.1. The first-order valence-electron chi connectivity index (χ1n) is 8.04. The largest absolute Gasteiger partial charge is 0.437 e. The molecule has 0 bridgehead atoms. The van der Waals surface area contributed by atoms with Gasteiger partial charge in [0.15, 0.2) is 11.3 Å². The highest BCUT2D eigenvalue weighted by atomic mass is 35.5. The predicted octanol–water partition coefficient (Wildman–Crippen LogP) is 5.29. The van der Waals surface area contributed by atoms with Crippen LogP contribution in [0, 0.1) is 6.92 Å². The monoisotopic (exact) mass is 430 g/mol. The fourth-order valence-electron chi connectivity index (χ4n) is 2.88. The number of carbonyl (C=O) groups is 1. The Balaban J connectivity index is 2.18. The molecule has 0 saturated carbocycles. The number of nitrogens with zero attached hydrogens (tertiary/aromatic N) is 3. The van der Waals surface area contributed by atoms with Crippen molar-refractivity contribution < 1.29 is 18.0 Å². The van der Waals surface area contributed by atoms with E-state index in [-0.39, 0.29) is 32.8 Å². The van der Waals surface area contributed by atoms with Gasteiger partial charge in [0.25, 0.3) is 5.91 Å². The van der Waals surface area contributed by atoms with E-state index < -0.39 is 17.8 Å². The zero-order chi connectivity index (χ0) is 20.8. The highest BCUT2D eigenvalue weighted by molar-refractivity contribution is 6.40. The molecule has 0 aliphatic rings. The smallest absolute Gasteiger partial charge is 0.362 e. The van der Waals surface area contributed by atoms with Crippen molar-refractivity contribution in [1.82, 2.24) is 9.38 Å². The molecule has 148 valence electrons. The molecular weight excluding hydrogens is 416 g/mol. The molecule has 3 aromatic rings. The number of rotatable bonds is 3. The highest BCUT2D eigenvalue weighted by Gasteiger charge is 2.39. The Morgan fingerprint density at radius 1 is 1.14 bits per heavy atom. The number of carbonyl (C=O) groups excluding carboxylic acids is 1. The summed E-state index contributed by atoms with van der Waals surface area (Å²) in [6.07, 6.45) is -4.66. The molecule has 1 aromatic carbocycles. The Morgan fingerprint density at radius 3 is 2.29 bits per heavy atom. The average molecular weight is 431 g/mol. The molecule has 0 fully saturated rings. The van der Waals surface area contributed by atoms with Crippen LogP contribution in [0.4, 0.5) is 24.7 Å². The number of hydrogen-bond donors (Lipinski definition) is 1. The van der Waals surface area contributed by atoms with Crippen molar-refractivity contribution in [3.05, 3.63) is 57.3 Å². The first kappa shape index (κ1) is 20.3. The van der Waals surface area contributed by atoms with Crippen molar-refractivity contribution in [3.63, 3.8) is 0 Å². The molecule has 2 aromatic heterocycles. The van der Waals surface area contributed by atoms with Crippen LogP contribution in [0.25, 0.3) is 5.65 Å². The van der Waals surface area contributed by atoms with Crippen LogP contribution in [0.1, 0.15) is 21.7 Å². The van der Waals surface area contributed by atoms with Crippen LogP contribution >= 0.6 is 23.2 Å². The summed E-state index contributed by atoms with van der Waals surface area (Å²) in [6, 6.07) is 7.65. The van der Waals surface area contributed by atoms with E-state index in [4.69, 9.17) is 23.2 Å². The molecule has 0 radical (unpaired) electrons. The van der Waals surface area contributed by atoms with Gasteiger partial charge in [0.05, 0.1) is 21.3 Å². The van der Waals surface area contributed by atoms with Gasteiger partial charge >= 0.3 is 6.18 Å². The van der Waals surface area contributed by atoms with E-state index in [1.165, 1.54) is 41.6 Å². The maximum atomic E-state index is 13.5. The highest BCUT2D eigenvalue weighted by Crippen LogP contribution is 2.38. The summed E-state index contributed by atoms with van der Waals surface area (Å²) in [5.74, 6) is -0.781. The molecule has 0 unspecified atom stereocenters. The molecule has 0 aliphatic carbocycles. The standard InChI is InChI=1S/C18H15Cl2F3N4O/c1-9-7-8-12(24-16(28)13-10(19)5-4-6-11(13)20)15-25-14(18(21,22)23)17(26(2)3)27(9)15/h4-8H,1-3H3,(H,24,28). The van der Waals surface area contributed by atoms with Gasteiger partial charge in [-0.3, -0.25) is 9.20 Å². The first-order valence-corrected chi connectivity index (χ1v) is 8.80. The molecule has 0 spiro atoms. The Bertz CT molecular complexity index is 1060. The number of aromatic nitrogens is 2. The van der Waals surface area contributed by atoms with Gasteiger partial charge in [-0.15, -0.1) is 0 Å². The third-order valence-electron chi connectivity index (χ3n) is 4.07. The van der Waals surface area contributed by atoms with Gasteiger partial charge in [-0.1, -0.05) is 29.3 Å². The van der Waals surface area contributed by atoms with Crippen LogP contribution in [0.3, 0.4) is 0 Å². The number of aryl methyl sites for hydroxylation is 1. The second-order valence-corrected chi connectivity index (χ2v) is 7.09. The van der Waals surface area contributed by atoms with Crippen LogP contribution in [-0.4, -0.2) is 29.4 Å². The predicted molar refractivity (Wildman–Crippen MR) is 104 cm³/mol. The molecule has 1 amide bonds.